The maximum absolute atomic E-state index is 13.2. The molecule has 1 saturated heterocycles. The van der Waals surface area contributed by atoms with E-state index in [9.17, 15) is 19.1 Å². The number of nitrogens with one attached hydrogen (secondary N) is 1. The van der Waals surface area contributed by atoms with Crippen LogP contribution >= 0.6 is 11.8 Å². The van der Waals surface area contributed by atoms with Gasteiger partial charge in [-0.1, -0.05) is 19.1 Å². The molecule has 4 nitrogen and oxygen atoms in total. The predicted octanol–water partition coefficient (Wildman–Crippen LogP) is 2.79. The number of carbonyl (C=O) groups excluding carboxylic acids is 1. The van der Waals surface area contributed by atoms with E-state index in [0.29, 0.717) is 12.8 Å². The highest BCUT2D eigenvalue weighted by Crippen LogP contribution is 2.28. The summed E-state index contributed by atoms with van der Waals surface area (Å²) >= 11 is 1.70. The topological polar surface area (TPSA) is 66.4 Å². The molecule has 22 heavy (non-hydrogen) atoms. The van der Waals surface area contributed by atoms with Gasteiger partial charge in [-0.25, -0.2) is 9.18 Å². The Morgan fingerprint density at radius 3 is 2.68 bits per heavy atom. The van der Waals surface area contributed by atoms with Crippen LogP contribution in [0.4, 0.5) is 4.39 Å². The predicted molar refractivity (Wildman–Crippen MR) is 84.5 cm³/mol. The monoisotopic (exact) mass is 325 g/mol. The highest BCUT2D eigenvalue weighted by atomic mass is 32.2. The van der Waals surface area contributed by atoms with E-state index in [1.54, 1.807) is 23.9 Å². The number of carbonyl (C=O) groups is 2. The van der Waals surface area contributed by atoms with Crippen LogP contribution < -0.4 is 5.32 Å². The zero-order valence-corrected chi connectivity index (χ0v) is 13.3. The van der Waals surface area contributed by atoms with Crippen molar-refractivity contribution >= 4 is 23.6 Å². The van der Waals surface area contributed by atoms with Crippen LogP contribution in [0.2, 0.25) is 0 Å². The van der Waals surface area contributed by atoms with Crippen molar-refractivity contribution in [3.63, 3.8) is 0 Å². The van der Waals surface area contributed by atoms with Gasteiger partial charge in [-0.15, -0.1) is 0 Å². The van der Waals surface area contributed by atoms with Crippen LogP contribution in [0.3, 0.4) is 0 Å². The van der Waals surface area contributed by atoms with Crippen molar-refractivity contribution in [3.8, 4) is 0 Å². The van der Waals surface area contributed by atoms with Gasteiger partial charge in [0.25, 0.3) is 0 Å². The van der Waals surface area contributed by atoms with E-state index in [2.05, 4.69) is 5.32 Å². The third kappa shape index (κ3) is 4.00. The first kappa shape index (κ1) is 16.8. The van der Waals surface area contributed by atoms with E-state index in [1.807, 2.05) is 6.92 Å². The smallest absolute Gasteiger partial charge is 0.329 e. The first-order valence-electron chi connectivity index (χ1n) is 7.30. The first-order valence-corrected chi connectivity index (χ1v) is 8.46. The Bertz CT molecular complexity index is 558. The Morgan fingerprint density at radius 2 is 2.09 bits per heavy atom. The minimum Gasteiger partial charge on any atom is -0.480 e. The molecule has 1 unspecified atom stereocenters. The number of thioether (sulfide) groups is 1. The molecule has 6 heteroatoms. The number of amides is 1. The number of hydrogen-bond donors (Lipinski definition) is 2. The SMILES string of the molecule is CC(CC(=O)NC1(C(=O)O)CCSCC1)c1cccc(F)c1. The van der Waals surface area contributed by atoms with Gasteiger partial charge in [-0.05, 0) is 48.0 Å². The van der Waals surface area contributed by atoms with Gasteiger partial charge in [0.05, 0.1) is 0 Å². The van der Waals surface area contributed by atoms with E-state index in [0.717, 1.165) is 17.1 Å². The maximum atomic E-state index is 13.2. The van der Waals surface area contributed by atoms with Crippen molar-refractivity contribution < 1.29 is 19.1 Å². The van der Waals surface area contributed by atoms with Gasteiger partial charge < -0.3 is 10.4 Å². The normalized spacial score (nSPS) is 18.5. The maximum Gasteiger partial charge on any atom is 0.329 e. The average Bonchev–Trinajstić information content (AvgIpc) is 2.47. The molecule has 0 radical (unpaired) electrons. The van der Waals surface area contributed by atoms with Gasteiger partial charge >= 0.3 is 5.97 Å². The van der Waals surface area contributed by atoms with Crippen molar-refractivity contribution in [2.24, 2.45) is 0 Å². The van der Waals surface area contributed by atoms with Gasteiger partial charge in [0.15, 0.2) is 0 Å². The Balaban J connectivity index is 2.00. The van der Waals surface area contributed by atoms with Crippen molar-refractivity contribution in [1.29, 1.82) is 0 Å². The highest BCUT2D eigenvalue weighted by Gasteiger charge is 2.41. The first-order chi connectivity index (χ1) is 10.4. The highest BCUT2D eigenvalue weighted by molar-refractivity contribution is 7.99. The lowest BCUT2D eigenvalue weighted by Gasteiger charge is -2.34. The molecule has 0 aromatic heterocycles. The van der Waals surface area contributed by atoms with Crippen molar-refractivity contribution in [2.45, 2.75) is 37.6 Å². The number of benzene rings is 1. The summed E-state index contributed by atoms with van der Waals surface area (Å²) in [6, 6.07) is 6.14. The van der Waals surface area contributed by atoms with E-state index >= 15 is 0 Å². The lowest BCUT2D eigenvalue weighted by molar-refractivity contribution is -0.148. The van der Waals surface area contributed by atoms with Gasteiger partial charge in [0.2, 0.25) is 5.91 Å². The molecule has 1 aliphatic heterocycles. The summed E-state index contributed by atoms with van der Waals surface area (Å²) in [4.78, 5) is 23.8. The Morgan fingerprint density at radius 1 is 1.41 bits per heavy atom. The Hall–Kier alpha value is -1.56. The van der Waals surface area contributed by atoms with E-state index in [4.69, 9.17) is 0 Å². The number of carboxylic acids is 1. The van der Waals surface area contributed by atoms with E-state index in [1.165, 1.54) is 12.1 Å². The Labute approximate surface area is 133 Å². The summed E-state index contributed by atoms with van der Waals surface area (Å²) in [5.74, 6) is -0.320. The van der Waals surface area contributed by atoms with Crippen LogP contribution in [-0.4, -0.2) is 34.0 Å². The summed E-state index contributed by atoms with van der Waals surface area (Å²) in [6.07, 6.45) is 1.02. The van der Waals surface area contributed by atoms with Crippen LogP contribution in [0.1, 0.15) is 37.7 Å². The zero-order chi connectivity index (χ0) is 16.2. The summed E-state index contributed by atoms with van der Waals surface area (Å²) in [5.41, 5.74) is -0.414. The van der Waals surface area contributed by atoms with Crippen LogP contribution in [0.25, 0.3) is 0 Å². The molecule has 0 bridgehead atoms. The molecule has 120 valence electrons. The standard InChI is InChI=1S/C16H20FNO3S/c1-11(12-3-2-4-13(17)10-12)9-14(19)18-16(15(20)21)5-7-22-8-6-16/h2-4,10-11H,5-9H2,1H3,(H,18,19)(H,20,21). The molecule has 1 atom stereocenters. The van der Waals surface area contributed by atoms with Crippen molar-refractivity contribution in [2.75, 3.05) is 11.5 Å². The van der Waals surface area contributed by atoms with Gasteiger partial charge in [-0.3, -0.25) is 4.79 Å². The number of aliphatic carboxylic acids is 1. The molecule has 0 spiro atoms. The van der Waals surface area contributed by atoms with Gasteiger partial charge in [-0.2, -0.15) is 11.8 Å². The van der Waals surface area contributed by atoms with E-state index < -0.39 is 11.5 Å². The molecule has 1 aromatic rings. The third-order valence-corrected chi connectivity index (χ3v) is 5.03. The fourth-order valence-corrected chi connectivity index (χ4v) is 3.83. The second kappa shape index (κ2) is 7.13. The van der Waals surface area contributed by atoms with Crippen molar-refractivity contribution in [3.05, 3.63) is 35.6 Å². The number of hydrogen-bond acceptors (Lipinski definition) is 3. The molecule has 0 aliphatic carbocycles. The number of rotatable bonds is 5. The summed E-state index contributed by atoms with van der Waals surface area (Å²) in [6.45, 7) is 1.83. The zero-order valence-electron chi connectivity index (χ0n) is 12.5. The second-order valence-corrected chi connectivity index (χ2v) is 6.93. The average molecular weight is 325 g/mol. The second-order valence-electron chi connectivity index (χ2n) is 5.71. The van der Waals surface area contributed by atoms with Crippen LogP contribution in [0.5, 0.6) is 0 Å². The van der Waals surface area contributed by atoms with Crippen LogP contribution in [0.15, 0.2) is 24.3 Å². The quantitative estimate of drug-likeness (QED) is 0.873. The van der Waals surface area contributed by atoms with E-state index in [-0.39, 0.29) is 24.1 Å². The largest absolute Gasteiger partial charge is 0.480 e. The molecule has 0 saturated carbocycles. The van der Waals surface area contributed by atoms with Crippen molar-refractivity contribution in [1.82, 2.24) is 5.32 Å². The molecular formula is C16H20FNO3S. The molecule has 1 amide bonds. The lowest BCUT2D eigenvalue weighted by atomic mass is 9.91. The number of carboxylic acid groups (broad SMARTS) is 1. The number of halogens is 1. The van der Waals surface area contributed by atoms with Gasteiger partial charge in [0, 0.05) is 6.42 Å². The third-order valence-electron chi connectivity index (χ3n) is 4.04. The Kier molecular flexibility index (Phi) is 5.45. The molecular weight excluding hydrogens is 305 g/mol. The summed E-state index contributed by atoms with van der Waals surface area (Å²) in [5, 5.41) is 12.2. The molecule has 2 rings (SSSR count). The van der Waals surface area contributed by atoms with Crippen LogP contribution in [0, 0.1) is 5.82 Å². The molecule has 1 aromatic carbocycles. The van der Waals surface area contributed by atoms with Crippen LogP contribution in [-0.2, 0) is 9.59 Å². The van der Waals surface area contributed by atoms with Gasteiger partial charge in [0.1, 0.15) is 11.4 Å². The minimum absolute atomic E-state index is 0.144. The molecule has 2 N–H and O–H groups in total. The molecule has 1 aliphatic rings. The molecule has 1 heterocycles. The fourth-order valence-electron chi connectivity index (χ4n) is 2.64. The minimum atomic E-state index is -1.15. The molecule has 1 fully saturated rings. The fraction of sp³-hybridized carbons (Fsp3) is 0.500. The summed E-state index contributed by atoms with van der Waals surface area (Å²) < 4.78 is 13.2. The summed E-state index contributed by atoms with van der Waals surface area (Å²) in [7, 11) is 0. The lowest BCUT2D eigenvalue weighted by Crippen LogP contribution is -2.56.